The number of ether oxygens (including phenoxy) is 1. The Balaban J connectivity index is 1.58. The van der Waals surface area contributed by atoms with Gasteiger partial charge in [0.2, 0.25) is 0 Å². The van der Waals surface area contributed by atoms with Crippen LogP contribution in [0.4, 0.5) is 4.39 Å². The van der Waals surface area contributed by atoms with Gasteiger partial charge >= 0.3 is 0 Å². The SMILES string of the molecule is CCCOc1ccc(-c2ccc(CCC3CCC(C)CC3)nn2)cc1F. The minimum absolute atomic E-state index is 0.293. The van der Waals surface area contributed by atoms with Gasteiger partial charge in [-0.2, -0.15) is 10.2 Å². The third kappa shape index (κ3) is 5.03. The summed E-state index contributed by atoms with van der Waals surface area (Å²) >= 11 is 0. The molecule has 1 aliphatic carbocycles. The molecular weight excluding hydrogens is 327 g/mol. The lowest BCUT2D eigenvalue weighted by molar-refractivity contribution is 0.277. The Morgan fingerprint density at radius 2 is 1.88 bits per heavy atom. The first-order valence-corrected chi connectivity index (χ1v) is 9.91. The third-order valence-electron chi connectivity index (χ3n) is 5.35. The smallest absolute Gasteiger partial charge is 0.165 e. The highest BCUT2D eigenvalue weighted by molar-refractivity contribution is 5.59. The van der Waals surface area contributed by atoms with Gasteiger partial charge in [-0.25, -0.2) is 4.39 Å². The van der Waals surface area contributed by atoms with Gasteiger partial charge in [-0.05, 0) is 61.4 Å². The number of rotatable bonds is 7. The molecule has 1 aromatic heterocycles. The fraction of sp³-hybridized carbons (Fsp3) is 0.545. The maximum absolute atomic E-state index is 14.1. The van der Waals surface area contributed by atoms with Crippen molar-refractivity contribution in [2.24, 2.45) is 11.8 Å². The van der Waals surface area contributed by atoms with Crippen LogP contribution in [0, 0.1) is 17.7 Å². The molecule has 3 rings (SSSR count). The van der Waals surface area contributed by atoms with Crippen LogP contribution in [0.3, 0.4) is 0 Å². The van der Waals surface area contributed by atoms with Gasteiger partial charge in [-0.3, -0.25) is 0 Å². The van der Waals surface area contributed by atoms with Crippen LogP contribution in [0.1, 0.15) is 58.1 Å². The molecule has 1 aliphatic rings. The Hall–Kier alpha value is -1.97. The second kappa shape index (κ2) is 9.11. The molecule has 0 bridgehead atoms. The first-order valence-electron chi connectivity index (χ1n) is 9.91. The number of aryl methyl sites for hydroxylation is 1. The molecule has 26 heavy (non-hydrogen) atoms. The Morgan fingerprint density at radius 1 is 1.08 bits per heavy atom. The van der Waals surface area contributed by atoms with E-state index in [4.69, 9.17) is 4.74 Å². The molecule has 140 valence electrons. The molecule has 1 heterocycles. The molecular formula is C22H29FN2O. The van der Waals surface area contributed by atoms with Crippen molar-refractivity contribution in [2.45, 2.75) is 58.8 Å². The Morgan fingerprint density at radius 3 is 2.54 bits per heavy atom. The fourth-order valence-corrected chi connectivity index (χ4v) is 3.61. The number of halogens is 1. The van der Waals surface area contributed by atoms with E-state index in [1.165, 1.54) is 38.2 Å². The summed E-state index contributed by atoms with van der Waals surface area (Å²) in [6.45, 7) is 4.87. The topological polar surface area (TPSA) is 35.0 Å². The zero-order chi connectivity index (χ0) is 18.4. The van der Waals surface area contributed by atoms with Gasteiger partial charge in [0, 0.05) is 5.56 Å². The lowest BCUT2D eigenvalue weighted by Gasteiger charge is -2.25. The predicted octanol–water partition coefficient (Wildman–Crippen LogP) is 5.83. The minimum Gasteiger partial charge on any atom is -0.491 e. The summed E-state index contributed by atoms with van der Waals surface area (Å²) in [5, 5.41) is 8.65. The van der Waals surface area contributed by atoms with Crippen LogP contribution in [-0.4, -0.2) is 16.8 Å². The molecule has 0 aliphatic heterocycles. The first kappa shape index (κ1) is 18.8. The van der Waals surface area contributed by atoms with Crippen LogP contribution in [0.2, 0.25) is 0 Å². The van der Waals surface area contributed by atoms with Crippen molar-refractivity contribution in [1.29, 1.82) is 0 Å². The average molecular weight is 356 g/mol. The van der Waals surface area contributed by atoms with E-state index in [1.54, 1.807) is 6.07 Å². The third-order valence-corrected chi connectivity index (χ3v) is 5.35. The zero-order valence-corrected chi connectivity index (χ0v) is 15.9. The predicted molar refractivity (Wildman–Crippen MR) is 103 cm³/mol. The highest BCUT2D eigenvalue weighted by atomic mass is 19.1. The van der Waals surface area contributed by atoms with Crippen LogP contribution < -0.4 is 4.74 Å². The molecule has 0 N–H and O–H groups in total. The number of benzene rings is 1. The largest absolute Gasteiger partial charge is 0.491 e. The van der Waals surface area contributed by atoms with Crippen molar-refractivity contribution in [1.82, 2.24) is 10.2 Å². The van der Waals surface area contributed by atoms with Crippen molar-refractivity contribution < 1.29 is 9.13 Å². The second-order valence-corrected chi connectivity index (χ2v) is 7.57. The van der Waals surface area contributed by atoms with Gasteiger partial charge < -0.3 is 4.74 Å². The van der Waals surface area contributed by atoms with E-state index in [2.05, 4.69) is 17.1 Å². The van der Waals surface area contributed by atoms with Gasteiger partial charge in [-0.1, -0.05) is 39.5 Å². The molecule has 2 aromatic rings. The number of hydrogen-bond acceptors (Lipinski definition) is 3. The van der Waals surface area contributed by atoms with Crippen LogP contribution in [0.25, 0.3) is 11.3 Å². The van der Waals surface area contributed by atoms with E-state index in [0.29, 0.717) is 18.1 Å². The van der Waals surface area contributed by atoms with Crippen LogP contribution >= 0.6 is 0 Å². The van der Waals surface area contributed by atoms with Gasteiger partial charge in [-0.15, -0.1) is 0 Å². The molecule has 1 saturated carbocycles. The van der Waals surface area contributed by atoms with Gasteiger partial charge in [0.1, 0.15) is 0 Å². The summed E-state index contributed by atoms with van der Waals surface area (Å²) in [4.78, 5) is 0. The maximum atomic E-state index is 14.1. The molecule has 1 aromatic carbocycles. The van der Waals surface area contributed by atoms with Gasteiger partial charge in [0.15, 0.2) is 11.6 Å². The molecule has 0 radical (unpaired) electrons. The monoisotopic (exact) mass is 356 g/mol. The summed E-state index contributed by atoms with van der Waals surface area (Å²) in [6, 6.07) is 8.93. The summed E-state index contributed by atoms with van der Waals surface area (Å²) < 4.78 is 19.5. The summed E-state index contributed by atoms with van der Waals surface area (Å²) in [6.07, 6.45) is 8.44. The van der Waals surface area contributed by atoms with Crippen molar-refractivity contribution in [3.05, 3.63) is 41.8 Å². The van der Waals surface area contributed by atoms with Crippen molar-refractivity contribution in [3.8, 4) is 17.0 Å². The van der Waals surface area contributed by atoms with Gasteiger partial charge in [0.05, 0.1) is 18.0 Å². The van der Waals surface area contributed by atoms with Crippen LogP contribution in [-0.2, 0) is 6.42 Å². The standard InChI is InChI=1S/C22H29FN2O/c1-3-14-26-22-13-9-18(15-20(22)23)21-12-11-19(24-25-21)10-8-17-6-4-16(2)5-7-17/h9,11-13,15-17H,3-8,10,14H2,1-2H3. The van der Waals surface area contributed by atoms with Crippen LogP contribution in [0.5, 0.6) is 5.75 Å². The first-order chi connectivity index (χ1) is 12.7. The number of nitrogens with zero attached hydrogens (tertiary/aromatic N) is 2. The normalized spacial score (nSPS) is 20.1. The molecule has 3 nitrogen and oxygen atoms in total. The number of hydrogen-bond donors (Lipinski definition) is 0. The van der Waals surface area contributed by atoms with Gasteiger partial charge in [0.25, 0.3) is 0 Å². The zero-order valence-electron chi connectivity index (χ0n) is 15.9. The van der Waals surface area contributed by atoms with Crippen LogP contribution in [0.15, 0.2) is 30.3 Å². The minimum atomic E-state index is -0.353. The van der Waals surface area contributed by atoms with E-state index in [9.17, 15) is 4.39 Å². The average Bonchev–Trinajstić information content (AvgIpc) is 2.67. The molecule has 1 fully saturated rings. The Kier molecular flexibility index (Phi) is 6.59. The van der Waals surface area contributed by atoms with Crippen molar-refractivity contribution in [3.63, 3.8) is 0 Å². The van der Waals surface area contributed by atoms with E-state index in [1.807, 2.05) is 25.1 Å². The molecule has 4 heteroatoms. The highest BCUT2D eigenvalue weighted by Crippen LogP contribution is 2.31. The maximum Gasteiger partial charge on any atom is 0.165 e. The molecule has 0 saturated heterocycles. The van der Waals surface area contributed by atoms with E-state index in [-0.39, 0.29) is 5.82 Å². The molecule has 0 atom stereocenters. The summed E-state index contributed by atoms with van der Waals surface area (Å²) in [5.74, 6) is 1.66. The quantitative estimate of drug-likeness (QED) is 0.626. The molecule has 0 spiro atoms. The second-order valence-electron chi connectivity index (χ2n) is 7.57. The fourth-order valence-electron chi connectivity index (χ4n) is 3.61. The summed E-state index contributed by atoms with van der Waals surface area (Å²) in [7, 11) is 0. The Bertz CT molecular complexity index is 694. The molecule has 0 unspecified atom stereocenters. The lowest BCUT2D eigenvalue weighted by Crippen LogP contribution is -2.13. The highest BCUT2D eigenvalue weighted by Gasteiger charge is 2.18. The van der Waals surface area contributed by atoms with E-state index < -0.39 is 0 Å². The van der Waals surface area contributed by atoms with Crippen molar-refractivity contribution >= 4 is 0 Å². The number of aromatic nitrogens is 2. The lowest BCUT2D eigenvalue weighted by atomic mass is 9.81. The molecule has 0 amide bonds. The van der Waals surface area contributed by atoms with E-state index in [0.717, 1.165) is 35.9 Å². The van der Waals surface area contributed by atoms with Crippen molar-refractivity contribution in [2.75, 3.05) is 6.61 Å². The van der Waals surface area contributed by atoms with E-state index >= 15 is 0 Å². The Labute approximate surface area is 156 Å². The summed E-state index contributed by atoms with van der Waals surface area (Å²) in [5.41, 5.74) is 2.45.